The quantitative estimate of drug-likeness (QED) is 0.567. The van der Waals surface area contributed by atoms with Gasteiger partial charge in [-0.25, -0.2) is 4.79 Å². The number of nitrogens with zero attached hydrogens (tertiary/aromatic N) is 1. The van der Waals surface area contributed by atoms with Crippen LogP contribution in [0.25, 0.3) is 6.08 Å². The molecular weight excluding hydrogens is 202 g/mol. The van der Waals surface area contributed by atoms with Crippen molar-refractivity contribution >= 4 is 12.0 Å². The molecule has 0 atom stereocenters. The number of carbonyl (C=O) groups is 1. The van der Waals surface area contributed by atoms with Crippen LogP contribution < -0.4 is 0 Å². The second-order valence-electron chi connectivity index (χ2n) is 3.86. The fraction of sp³-hybridized carbons (Fsp3) is 0.462. The molecule has 3 heteroatoms. The zero-order chi connectivity index (χ0) is 11.8. The normalized spacial score (nSPS) is 11.1. The fourth-order valence-corrected chi connectivity index (χ4v) is 1.65. The summed E-state index contributed by atoms with van der Waals surface area (Å²) in [6.45, 7) is 3.16. The predicted molar refractivity (Wildman–Crippen MR) is 65.2 cm³/mol. The van der Waals surface area contributed by atoms with Gasteiger partial charge in [0.15, 0.2) is 0 Å². The number of carboxylic acid groups (broad SMARTS) is 1. The summed E-state index contributed by atoms with van der Waals surface area (Å²) in [6.07, 6.45) is 9.69. The lowest BCUT2D eigenvalue weighted by Crippen LogP contribution is -1.98. The van der Waals surface area contributed by atoms with Crippen LogP contribution in [0.15, 0.2) is 24.4 Å². The van der Waals surface area contributed by atoms with Crippen LogP contribution in [0.1, 0.15) is 38.3 Å². The maximum atomic E-state index is 10.4. The van der Waals surface area contributed by atoms with Crippen molar-refractivity contribution in [1.82, 2.24) is 4.57 Å². The maximum absolute atomic E-state index is 10.4. The number of hydrogen-bond donors (Lipinski definition) is 1. The third-order valence-electron chi connectivity index (χ3n) is 2.51. The minimum absolute atomic E-state index is 0.904. The summed E-state index contributed by atoms with van der Waals surface area (Å²) in [6, 6.07) is 3.88. The minimum Gasteiger partial charge on any atom is -0.478 e. The van der Waals surface area contributed by atoms with Gasteiger partial charge in [-0.3, -0.25) is 0 Å². The van der Waals surface area contributed by atoms with E-state index in [-0.39, 0.29) is 0 Å². The van der Waals surface area contributed by atoms with Crippen molar-refractivity contribution < 1.29 is 9.90 Å². The third kappa shape index (κ3) is 4.34. The van der Waals surface area contributed by atoms with Gasteiger partial charge < -0.3 is 9.67 Å². The monoisotopic (exact) mass is 221 g/mol. The third-order valence-corrected chi connectivity index (χ3v) is 2.51. The molecule has 3 nitrogen and oxygen atoms in total. The van der Waals surface area contributed by atoms with Gasteiger partial charge in [0.05, 0.1) is 0 Å². The lowest BCUT2D eigenvalue weighted by Gasteiger charge is -2.05. The lowest BCUT2D eigenvalue weighted by atomic mass is 10.2. The summed E-state index contributed by atoms with van der Waals surface area (Å²) in [5.41, 5.74) is 0.957. The highest BCUT2D eigenvalue weighted by atomic mass is 16.4. The van der Waals surface area contributed by atoms with Crippen molar-refractivity contribution in [1.29, 1.82) is 0 Å². The molecule has 0 aromatic carbocycles. The van der Waals surface area contributed by atoms with E-state index in [1.54, 1.807) is 6.08 Å². The molecule has 1 aromatic rings. The molecule has 0 amide bonds. The first-order chi connectivity index (χ1) is 7.74. The predicted octanol–water partition coefficient (Wildman–Crippen LogP) is 3.17. The molecule has 88 valence electrons. The average Bonchev–Trinajstić information content (AvgIpc) is 2.69. The highest BCUT2D eigenvalue weighted by Crippen LogP contribution is 2.08. The van der Waals surface area contributed by atoms with Crippen LogP contribution in [-0.4, -0.2) is 15.6 Å². The Morgan fingerprint density at radius 1 is 1.44 bits per heavy atom. The summed E-state index contributed by atoms with van der Waals surface area (Å²) >= 11 is 0. The second kappa shape index (κ2) is 6.88. The summed E-state index contributed by atoms with van der Waals surface area (Å²) < 4.78 is 2.09. The molecule has 0 saturated carbocycles. The van der Waals surface area contributed by atoms with Crippen molar-refractivity contribution in [2.24, 2.45) is 0 Å². The standard InChI is InChI=1S/C13H19NO2/c1-2-3-4-5-10-14-11-6-7-12(14)8-9-13(15)16/h6-9,11H,2-5,10H2,1H3,(H,15,16)/b9-8+. The van der Waals surface area contributed by atoms with Crippen LogP contribution in [0.4, 0.5) is 0 Å². The van der Waals surface area contributed by atoms with Gasteiger partial charge >= 0.3 is 5.97 Å². The smallest absolute Gasteiger partial charge is 0.328 e. The number of aromatic nitrogens is 1. The van der Waals surface area contributed by atoms with E-state index in [1.165, 1.54) is 25.3 Å². The molecule has 0 aliphatic carbocycles. The Balaban J connectivity index is 2.47. The molecule has 0 radical (unpaired) electrons. The van der Waals surface area contributed by atoms with Gasteiger partial charge in [0, 0.05) is 24.5 Å². The van der Waals surface area contributed by atoms with E-state index in [0.717, 1.165) is 18.7 Å². The van der Waals surface area contributed by atoms with Crippen molar-refractivity contribution in [3.8, 4) is 0 Å². The van der Waals surface area contributed by atoms with Crippen LogP contribution in [0.5, 0.6) is 0 Å². The summed E-state index contributed by atoms with van der Waals surface area (Å²) in [5, 5.41) is 8.55. The topological polar surface area (TPSA) is 42.2 Å². The Morgan fingerprint density at radius 2 is 2.25 bits per heavy atom. The van der Waals surface area contributed by atoms with Gasteiger partial charge in [-0.1, -0.05) is 26.2 Å². The largest absolute Gasteiger partial charge is 0.478 e. The first kappa shape index (κ1) is 12.6. The second-order valence-corrected chi connectivity index (χ2v) is 3.86. The van der Waals surface area contributed by atoms with Crippen molar-refractivity contribution in [2.45, 2.75) is 39.2 Å². The molecule has 1 aromatic heterocycles. The Morgan fingerprint density at radius 3 is 2.94 bits per heavy atom. The highest BCUT2D eigenvalue weighted by molar-refractivity contribution is 5.84. The molecular formula is C13H19NO2. The zero-order valence-electron chi connectivity index (χ0n) is 9.72. The van der Waals surface area contributed by atoms with Crippen LogP contribution in [0, 0.1) is 0 Å². The molecule has 0 spiro atoms. The zero-order valence-corrected chi connectivity index (χ0v) is 9.72. The van der Waals surface area contributed by atoms with E-state index in [0.29, 0.717) is 0 Å². The Bertz CT molecular complexity index is 353. The van der Waals surface area contributed by atoms with Crippen LogP contribution >= 0.6 is 0 Å². The molecule has 0 saturated heterocycles. The highest BCUT2D eigenvalue weighted by Gasteiger charge is 1.97. The molecule has 1 heterocycles. The average molecular weight is 221 g/mol. The van der Waals surface area contributed by atoms with Crippen molar-refractivity contribution in [3.05, 3.63) is 30.1 Å². The maximum Gasteiger partial charge on any atom is 0.328 e. The van der Waals surface area contributed by atoms with Gasteiger partial charge in [0.1, 0.15) is 0 Å². The lowest BCUT2D eigenvalue weighted by molar-refractivity contribution is -0.131. The Labute approximate surface area is 96.4 Å². The number of carboxylic acids is 1. The molecule has 16 heavy (non-hydrogen) atoms. The molecule has 1 rings (SSSR count). The number of rotatable bonds is 7. The molecule has 0 aliphatic rings. The molecule has 0 unspecified atom stereocenters. The number of aryl methyl sites for hydroxylation is 1. The van der Waals surface area contributed by atoms with Crippen LogP contribution in [-0.2, 0) is 11.3 Å². The summed E-state index contributed by atoms with van der Waals surface area (Å²) in [4.78, 5) is 10.4. The van der Waals surface area contributed by atoms with E-state index in [1.807, 2.05) is 18.3 Å². The van der Waals surface area contributed by atoms with Gasteiger partial charge in [-0.15, -0.1) is 0 Å². The minimum atomic E-state index is -0.904. The van der Waals surface area contributed by atoms with E-state index < -0.39 is 5.97 Å². The molecule has 0 fully saturated rings. The molecule has 1 N–H and O–H groups in total. The Hall–Kier alpha value is -1.51. The fourth-order valence-electron chi connectivity index (χ4n) is 1.65. The van der Waals surface area contributed by atoms with Crippen molar-refractivity contribution in [2.75, 3.05) is 0 Å². The van der Waals surface area contributed by atoms with Gasteiger partial charge in [0.25, 0.3) is 0 Å². The molecule has 0 aliphatic heterocycles. The SMILES string of the molecule is CCCCCCn1cccc1/C=C/C(=O)O. The van der Waals surface area contributed by atoms with Gasteiger partial charge in [-0.05, 0) is 24.6 Å². The van der Waals surface area contributed by atoms with Crippen molar-refractivity contribution in [3.63, 3.8) is 0 Å². The number of aliphatic carboxylic acids is 1. The Kier molecular flexibility index (Phi) is 5.40. The van der Waals surface area contributed by atoms with E-state index in [9.17, 15) is 4.79 Å². The molecule has 0 bridgehead atoms. The first-order valence-corrected chi connectivity index (χ1v) is 5.80. The number of unbranched alkanes of at least 4 members (excludes halogenated alkanes) is 3. The van der Waals surface area contributed by atoms with Gasteiger partial charge in [0.2, 0.25) is 0 Å². The summed E-state index contributed by atoms with van der Waals surface area (Å²) in [5.74, 6) is -0.904. The van der Waals surface area contributed by atoms with Gasteiger partial charge in [-0.2, -0.15) is 0 Å². The van der Waals surface area contributed by atoms with E-state index in [4.69, 9.17) is 5.11 Å². The first-order valence-electron chi connectivity index (χ1n) is 5.80. The van der Waals surface area contributed by atoms with Crippen LogP contribution in [0.3, 0.4) is 0 Å². The summed E-state index contributed by atoms with van der Waals surface area (Å²) in [7, 11) is 0. The van der Waals surface area contributed by atoms with E-state index >= 15 is 0 Å². The van der Waals surface area contributed by atoms with E-state index in [2.05, 4.69) is 11.5 Å². The van der Waals surface area contributed by atoms with Crippen LogP contribution in [0.2, 0.25) is 0 Å². The number of hydrogen-bond acceptors (Lipinski definition) is 1.